The van der Waals surface area contributed by atoms with Gasteiger partial charge in [-0.1, -0.05) is 17.8 Å². The molecule has 1 amide bonds. The number of hydrogen-bond donors (Lipinski definition) is 1. The number of nitrogens with one attached hydrogen (secondary N) is 1. The van der Waals surface area contributed by atoms with Gasteiger partial charge in [-0.25, -0.2) is 0 Å². The zero-order valence-electron chi connectivity index (χ0n) is 13.8. The lowest BCUT2D eigenvalue weighted by Crippen LogP contribution is -2.44. The van der Waals surface area contributed by atoms with Crippen molar-refractivity contribution in [1.29, 1.82) is 0 Å². The van der Waals surface area contributed by atoms with Crippen LogP contribution in [0.4, 0.5) is 5.69 Å². The molecule has 2 rings (SSSR count). The summed E-state index contributed by atoms with van der Waals surface area (Å²) >= 11 is 1.13. The molecule has 1 heterocycles. The third kappa shape index (κ3) is 4.79. The van der Waals surface area contributed by atoms with Crippen LogP contribution in [0, 0.1) is 10.1 Å². The summed E-state index contributed by atoms with van der Waals surface area (Å²) in [5.41, 5.74) is 0.0719. The van der Waals surface area contributed by atoms with Crippen LogP contribution in [0.2, 0.25) is 0 Å². The van der Waals surface area contributed by atoms with Gasteiger partial charge in [0.2, 0.25) is 11.8 Å². The molecule has 128 valence electrons. The molecule has 0 saturated carbocycles. The second kappa shape index (κ2) is 7.00. The average Bonchev–Trinajstić information content (AvgIpc) is 2.94. The molecule has 1 atom stereocenters. The van der Waals surface area contributed by atoms with Crippen molar-refractivity contribution < 1.29 is 14.1 Å². The summed E-state index contributed by atoms with van der Waals surface area (Å²) in [6.07, 6.45) is 0. The van der Waals surface area contributed by atoms with E-state index < -0.39 is 10.2 Å². The molecule has 0 bridgehead atoms. The SMILES string of the molecule is C[C@H](Sc1nnc(-c2cccc([N+](=O)[O-])c2)o1)C(=O)NC(C)(C)C. The van der Waals surface area contributed by atoms with Crippen LogP contribution >= 0.6 is 11.8 Å². The number of rotatable bonds is 5. The van der Waals surface area contributed by atoms with Gasteiger partial charge in [0, 0.05) is 23.2 Å². The Kier molecular flexibility index (Phi) is 5.23. The van der Waals surface area contributed by atoms with Crippen LogP contribution in [0.3, 0.4) is 0 Å². The summed E-state index contributed by atoms with van der Waals surface area (Å²) < 4.78 is 5.49. The topological polar surface area (TPSA) is 111 Å². The maximum atomic E-state index is 12.1. The first-order valence-corrected chi connectivity index (χ1v) is 8.11. The zero-order valence-corrected chi connectivity index (χ0v) is 14.6. The summed E-state index contributed by atoms with van der Waals surface area (Å²) in [6.45, 7) is 7.43. The van der Waals surface area contributed by atoms with Gasteiger partial charge in [-0.3, -0.25) is 14.9 Å². The average molecular weight is 350 g/mol. The van der Waals surface area contributed by atoms with E-state index in [4.69, 9.17) is 4.42 Å². The van der Waals surface area contributed by atoms with E-state index in [0.717, 1.165) is 11.8 Å². The van der Waals surface area contributed by atoms with Crippen molar-refractivity contribution in [3.05, 3.63) is 34.4 Å². The Hall–Kier alpha value is -2.42. The number of hydrogen-bond acceptors (Lipinski definition) is 7. The number of nitrogens with zero attached hydrogens (tertiary/aromatic N) is 3. The van der Waals surface area contributed by atoms with Gasteiger partial charge in [-0.2, -0.15) is 0 Å². The van der Waals surface area contributed by atoms with Crippen molar-refractivity contribution in [3.8, 4) is 11.5 Å². The second-order valence-electron chi connectivity index (χ2n) is 6.18. The molecular weight excluding hydrogens is 332 g/mol. The number of carbonyl (C=O) groups excluding carboxylic acids is 1. The minimum Gasteiger partial charge on any atom is -0.411 e. The third-order valence-corrected chi connectivity index (χ3v) is 3.79. The highest BCUT2D eigenvalue weighted by molar-refractivity contribution is 8.00. The summed E-state index contributed by atoms with van der Waals surface area (Å²) in [5.74, 6) is 0.0345. The van der Waals surface area contributed by atoms with Gasteiger partial charge in [0.25, 0.3) is 10.9 Å². The molecule has 2 aromatic rings. The maximum absolute atomic E-state index is 12.1. The van der Waals surface area contributed by atoms with E-state index in [1.54, 1.807) is 19.1 Å². The highest BCUT2D eigenvalue weighted by Crippen LogP contribution is 2.28. The molecule has 0 unspecified atom stereocenters. The first kappa shape index (κ1) is 17.9. The molecule has 0 radical (unpaired) electrons. The van der Waals surface area contributed by atoms with Gasteiger partial charge >= 0.3 is 0 Å². The van der Waals surface area contributed by atoms with Crippen LogP contribution in [0.1, 0.15) is 27.7 Å². The summed E-state index contributed by atoms with van der Waals surface area (Å²) in [5, 5.41) is 21.3. The number of non-ortho nitro benzene ring substituents is 1. The Bertz CT molecular complexity index is 754. The molecule has 0 saturated heterocycles. The molecule has 0 spiro atoms. The molecule has 0 fully saturated rings. The van der Waals surface area contributed by atoms with Gasteiger partial charge in [-0.05, 0) is 33.8 Å². The van der Waals surface area contributed by atoms with Crippen LogP contribution < -0.4 is 5.32 Å². The summed E-state index contributed by atoms with van der Waals surface area (Å²) in [7, 11) is 0. The van der Waals surface area contributed by atoms with E-state index in [1.165, 1.54) is 12.1 Å². The normalized spacial score (nSPS) is 12.7. The van der Waals surface area contributed by atoms with Crippen LogP contribution in [0.5, 0.6) is 0 Å². The molecule has 8 nitrogen and oxygen atoms in total. The van der Waals surface area contributed by atoms with Crippen LogP contribution in [0.15, 0.2) is 33.9 Å². The molecule has 24 heavy (non-hydrogen) atoms. The molecule has 1 aromatic carbocycles. The quantitative estimate of drug-likeness (QED) is 0.501. The predicted molar refractivity (Wildman–Crippen MR) is 89.6 cm³/mol. The van der Waals surface area contributed by atoms with Gasteiger partial charge in [0.1, 0.15) is 0 Å². The number of carbonyl (C=O) groups is 1. The van der Waals surface area contributed by atoms with E-state index >= 15 is 0 Å². The molecule has 1 N–H and O–H groups in total. The number of thioether (sulfide) groups is 1. The smallest absolute Gasteiger partial charge is 0.277 e. The maximum Gasteiger partial charge on any atom is 0.277 e. The Morgan fingerprint density at radius 3 is 2.71 bits per heavy atom. The van der Waals surface area contributed by atoms with Gasteiger partial charge in [0.15, 0.2) is 0 Å². The monoisotopic (exact) mass is 350 g/mol. The second-order valence-corrected chi connectivity index (χ2v) is 7.47. The van der Waals surface area contributed by atoms with E-state index in [-0.39, 0.29) is 28.2 Å². The number of benzene rings is 1. The Morgan fingerprint density at radius 1 is 1.38 bits per heavy atom. The molecule has 9 heteroatoms. The molecule has 0 aliphatic rings. The summed E-state index contributed by atoms with van der Waals surface area (Å²) in [4.78, 5) is 22.4. The Labute approximate surface area is 143 Å². The molecule has 0 aliphatic heterocycles. The highest BCUT2D eigenvalue weighted by atomic mass is 32.2. The van der Waals surface area contributed by atoms with Crippen LogP contribution in [-0.4, -0.2) is 31.8 Å². The number of aromatic nitrogens is 2. The Morgan fingerprint density at radius 2 is 2.08 bits per heavy atom. The first-order chi connectivity index (χ1) is 11.2. The van der Waals surface area contributed by atoms with E-state index in [9.17, 15) is 14.9 Å². The minimum absolute atomic E-state index is 0.0576. The fourth-order valence-corrected chi connectivity index (χ4v) is 2.49. The zero-order chi connectivity index (χ0) is 17.9. The lowest BCUT2D eigenvalue weighted by Gasteiger charge is -2.22. The van der Waals surface area contributed by atoms with Crippen molar-refractivity contribution in [2.75, 3.05) is 0 Å². The van der Waals surface area contributed by atoms with Gasteiger partial charge < -0.3 is 9.73 Å². The molecule has 0 aliphatic carbocycles. The summed E-state index contributed by atoms with van der Waals surface area (Å²) in [6, 6.07) is 5.93. The van der Waals surface area contributed by atoms with Crippen LogP contribution in [0.25, 0.3) is 11.5 Å². The molecular formula is C15H18N4O4S. The highest BCUT2D eigenvalue weighted by Gasteiger charge is 2.22. The fourth-order valence-electron chi connectivity index (χ4n) is 1.80. The number of amides is 1. The van der Waals surface area contributed by atoms with Gasteiger partial charge in [-0.15, -0.1) is 10.2 Å². The number of nitro benzene ring substituents is 1. The number of nitro groups is 1. The minimum atomic E-state index is -0.492. The van der Waals surface area contributed by atoms with Gasteiger partial charge in [0.05, 0.1) is 10.2 Å². The standard InChI is InChI=1S/C15H18N4O4S/c1-9(12(20)16-15(2,3)4)24-14-18-17-13(23-14)10-6-5-7-11(8-10)19(21)22/h5-9H,1-4H3,(H,16,20)/t9-/m0/s1. The molecule has 1 aromatic heterocycles. The Balaban J connectivity index is 2.09. The van der Waals surface area contributed by atoms with Crippen LogP contribution in [-0.2, 0) is 4.79 Å². The van der Waals surface area contributed by atoms with Crippen molar-refractivity contribution in [2.45, 2.75) is 43.7 Å². The predicted octanol–water partition coefficient (Wildman–Crippen LogP) is 3.04. The third-order valence-electron chi connectivity index (χ3n) is 2.86. The van der Waals surface area contributed by atoms with E-state index in [2.05, 4.69) is 15.5 Å². The fraction of sp³-hybridized carbons (Fsp3) is 0.400. The van der Waals surface area contributed by atoms with E-state index in [0.29, 0.717) is 5.56 Å². The van der Waals surface area contributed by atoms with Crippen molar-refractivity contribution >= 4 is 23.4 Å². The van der Waals surface area contributed by atoms with Crippen molar-refractivity contribution in [1.82, 2.24) is 15.5 Å². The lowest BCUT2D eigenvalue weighted by atomic mass is 10.1. The first-order valence-electron chi connectivity index (χ1n) is 7.23. The lowest BCUT2D eigenvalue weighted by molar-refractivity contribution is -0.384. The van der Waals surface area contributed by atoms with Crippen molar-refractivity contribution in [3.63, 3.8) is 0 Å². The van der Waals surface area contributed by atoms with Crippen molar-refractivity contribution in [2.24, 2.45) is 0 Å². The largest absolute Gasteiger partial charge is 0.411 e. The van der Waals surface area contributed by atoms with E-state index in [1.807, 2.05) is 20.8 Å².